The Morgan fingerprint density at radius 1 is 1.23 bits per heavy atom. The highest BCUT2D eigenvalue weighted by atomic mass is 32.2. The van der Waals surface area contributed by atoms with E-state index in [0.717, 1.165) is 11.3 Å². The number of para-hydroxylation sites is 2. The Kier molecular flexibility index (Phi) is 4.03. The van der Waals surface area contributed by atoms with E-state index in [-0.39, 0.29) is 10.8 Å². The normalized spacial score (nSPS) is 18.1. The van der Waals surface area contributed by atoms with Gasteiger partial charge in [0.25, 0.3) is 5.91 Å². The van der Waals surface area contributed by atoms with Crippen molar-refractivity contribution in [2.45, 2.75) is 17.2 Å². The Balaban J connectivity index is 1.50. The molecular formula is C21H17N5O3S. The number of sulfonamides is 1. The second kappa shape index (κ2) is 6.52. The van der Waals surface area contributed by atoms with Crippen LogP contribution in [0.25, 0.3) is 11.0 Å². The second-order valence-corrected chi connectivity index (χ2v) is 8.98. The van der Waals surface area contributed by atoms with Gasteiger partial charge < -0.3 is 4.90 Å². The molecule has 1 aromatic heterocycles. The maximum atomic E-state index is 12.8. The van der Waals surface area contributed by atoms with Gasteiger partial charge in [-0.05, 0) is 47.9 Å². The highest BCUT2D eigenvalue weighted by Gasteiger charge is 2.33. The molecule has 30 heavy (non-hydrogen) atoms. The first kappa shape index (κ1) is 18.5. The number of nitrogens with two attached hydrogens (primary N) is 1. The molecule has 0 saturated carbocycles. The van der Waals surface area contributed by atoms with Crippen LogP contribution in [0, 0.1) is 11.3 Å². The van der Waals surface area contributed by atoms with Crippen LogP contribution in [0.15, 0.2) is 59.0 Å². The van der Waals surface area contributed by atoms with Crippen LogP contribution < -0.4 is 10.0 Å². The fraction of sp³-hybridized carbons (Fsp3) is 0.190. The molecular weight excluding hydrogens is 402 g/mol. The van der Waals surface area contributed by atoms with Crippen molar-refractivity contribution in [2.24, 2.45) is 5.14 Å². The Morgan fingerprint density at radius 3 is 2.80 bits per heavy atom. The Bertz CT molecular complexity index is 1400. The molecule has 2 aliphatic heterocycles. The summed E-state index contributed by atoms with van der Waals surface area (Å²) in [7, 11) is -3.76. The summed E-state index contributed by atoms with van der Waals surface area (Å²) in [6.45, 7) is 1.04. The molecule has 1 atom stereocenters. The zero-order chi connectivity index (χ0) is 21.0. The van der Waals surface area contributed by atoms with Crippen molar-refractivity contribution >= 4 is 32.7 Å². The van der Waals surface area contributed by atoms with Crippen molar-refractivity contribution in [3.8, 4) is 6.07 Å². The predicted octanol–water partition coefficient (Wildman–Crippen LogP) is 1.93. The number of rotatable bonds is 3. The number of imidazole rings is 1. The number of allylic oxidation sites excluding steroid dienone is 1. The largest absolute Gasteiger partial charge is 0.367 e. The molecule has 150 valence electrons. The average molecular weight is 419 g/mol. The number of anilines is 1. The molecule has 0 amide bonds. The van der Waals surface area contributed by atoms with Crippen molar-refractivity contribution < 1.29 is 13.2 Å². The van der Waals surface area contributed by atoms with Crippen LogP contribution in [0.2, 0.25) is 0 Å². The predicted molar refractivity (Wildman–Crippen MR) is 111 cm³/mol. The van der Waals surface area contributed by atoms with Crippen molar-refractivity contribution in [1.29, 1.82) is 5.26 Å². The first-order chi connectivity index (χ1) is 14.4. The number of aromatic nitrogens is 2. The number of carbonyl (C=O) groups is 1. The van der Waals surface area contributed by atoms with Gasteiger partial charge in [0.2, 0.25) is 10.0 Å². The highest BCUT2D eigenvalue weighted by molar-refractivity contribution is 7.89. The van der Waals surface area contributed by atoms with E-state index in [0.29, 0.717) is 41.9 Å². The van der Waals surface area contributed by atoms with Gasteiger partial charge in [-0.2, -0.15) is 5.26 Å². The minimum absolute atomic E-state index is 0.0822. The molecule has 2 aromatic carbocycles. The summed E-state index contributed by atoms with van der Waals surface area (Å²) in [5.41, 5.74) is 3.80. The fourth-order valence-corrected chi connectivity index (χ4v) is 4.79. The molecule has 1 unspecified atom stereocenters. The SMILES string of the molecule is N#CC1C(CN2CCc3cc(S(N)(=O)=O)ccc32)=CC(=O)n2c1nc1ccccc12. The summed E-state index contributed by atoms with van der Waals surface area (Å²) in [6, 6.07) is 14.4. The first-order valence-electron chi connectivity index (χ1n) is 9.39. The lowest BCUT2D eigenvalue weighted by Crippen LogP contribution is -2.30. The first-order valence-corrected chi connectivity index (χ1v) is 10.9. The summed E-state index contributed by atoms with van der Waals surface area (Å²) in [5.74, 6) is -0.419. The van der Waals surface area contributed by atoms with Crippen molar-refractivity contribution in [1.82, 2.24) is 9.55 Å². The topological polar surface area (TPSA) is 122 Å². The van der Waals surface area contributed by atoms with Crippen LogP contribution in [0.3, 0.4) is 0 Å². The molecule has 0 bridgehead atoms. The number of carbonyl (C=O) groups excluding carboxylic acids is 1. The van der Waals surface area contributed by atoms with Gasteiger partial charge in [0.15, 0.2) is 0 Å². The van der Waals surface area contributed by atoms with Crippen LogP contribution in [-0.4, -0.2) is 37.0 Å². The van der Waals surface area contributed by atoms with Gasteiger partial charge in [0, 0.05) is 24.9 Å². The number of hydrogen-bond donors (Lipinski definition) is 1. The van der Waals surface area contributed by atoms with E-state index in [2.05, 4.69) is 11.1 Å². The van der Waals surface area contributed by atoms with Crippen LogP contribution >= 0.6 is 0 Å². The number of primary sulfonamides is 1. The minimum atomic E-state index is -3.76. The Hall–Kier alpha value is -3.48. The second-order valence-electron chi connectivity index (χ2n) is 7.42. The highest BCUT2D eigenvalue weighted by Crippen LogP contribution is 2.35. The van der Waals surface area contributed by atoms with E-state index in [1.165, 1.54) is 16.7 Å². The Morgan fingerprint density at radius 2 is 2.03 bits per heavy atom. The Labute approximate surface area is 172 Å². The van der Waals surface area contributed by atoms with E-state index in [9.17, 15) is 18.5 Å². The molecule has 3 aromatic rings. The zero-order valence-corrected chi connectivity index (χ0v) is 16.6. The quantitative estimate of drug-likeness (QED) is 0.692. The maximum Gasteiger partial charge on any atom is 0.256 e. The molecule has 0 saturated heterocycles. The molecule has 0 spiro atoms. The van der Waals surface area contributed by atoms with Crippen LogP contribution in [-0.2, 0) is 16.4 Å². The fourth-order valence-electron chi connectivity index (χ4n) is 4.23. The molecule has 0 aliphatic carbocycles. The average Bonchev–Trinajstić information content (AvgIpc) is 3.29. The van der Waals surface area contributed by atoms with Crippen LogP contribution in [0.1, 0.15) is 22.1 Å². The summed E-state index contributed by atoms with van der Waals surface area (Å²) >= 11 is 0. The molecule has 2 N–H and O–H groups in total. The minimum Gasteiger partial charge on any atom is -0.367 e. The molecule has 0 fully saturated rings. The third-order valence-corrected chi connectivity index (χ3v) is 6.53. The summed E-state index contributed by atoms with van der Waals surface area (Å²) in [6.07, 6.45) is 2.18. The standard InChI is InChI=1S/C21H17N5O3S/c22-11-16-14(10-20(27)26-19-4-2-1-3-17(19)24-21(16)26)12-25-8-7-13-9-15(30(23,28)29)5-6-18(13)25/h1-6,9-10,16H,7-8,12H2,(H2,23,28,29). The molecule has 8 nitrogen and oxygen atoms in total. The molecule has 0 radical (unpaired) electrons. The number of benzene rings is 2. The number of nitrogens with zero attached hydrogens (tertiary/aromatic N) is 4. The van der Waals surface area contributed by atoms with Gasteiger partial charge in [-0.1, -0.05) is 12.1 Å². The van der Waals surface area contributed by atoms with Crippen LogP contribution in [0.4, 0.5) is 5.69 Å². The lowest BCUT2D eigenvalue weighted by Gasteiger charge is -2.26. The monoisotopic (exact) mass is 419 g/mol. The van der Waals surface area contributed by atoms with Crippen molar-refractivity contribution in [3.63, 3.8) is 0 Å². The van der Waals surface area contributed by atoms with Gasteiger partial charge in [-0.15, -0.1) is 0 Å². The van der Waals surface area contributed by atoms with Gasteiger partial charge >= 0.3 is 0 Å². The number of fused-ring (bicyclic) bond motifs is 4. The van der Waals surface area contributed by atoms with Crippen molar-refractivity contribution in [3.05, 3.63) is 65.5 Å². The lowest BCUT2D eigenvalue weighted by molar-refractivity contribution is 0.0964. The van der Waals surface area contributed by atoms with Crippen molar-refractivity contribution in [2.75, 3.05) is 18.0 Å². The van der Waals surface area contributed by atoms with E-state index in [4.69, 9.17) is 5.14 Å². The van der Waals surface area contributed by atoms with Gasteiger partial charge in [0.1, 0.15) is 11.7 Å². The molecule has 2 aliphatic rings. The van der Waals surface area contributed by atoms with Gasteiger partial charge in [0.05, 0.1) is 22.0 Å². The van der Waals surface area contributed by atoms with Gasteiger partial charge in [-0.3, -0.25) is 9.36 Å². The van der Waals surface area contributed by atoms with Gasteiger partial charge in [-0.25, -0.2) is 18.5 Å². The smallest absolute Gasteiger partial charge is 0.256 e. The van der Waals surface area contributed by atoms with E-state index in [1.54, 1.807) is 12.1 Å². The summed E-state index contributed by atoms with van der Waals surface area (Å²) in [5, 5.41) is 15.1. The lowest BCUT2D eigenvalue weighted by atomic mass is 9.95. The van der Waals surface area contributed by atoms with E-state index >= 15 is 0 Å². The van der Waals surface area contributed by atoms with Crippen LogP contribution in [0.5, 0.6) is 0 Å². The zero-order valence-electron chi connectivity index (χ0n) is 15.8. The molecule has 3 heterocycles. The van der Waals surface area contributed by atoms with E-state index < -0.39 is 15.9 Å². The third-order valence-electron chi connectivity index (χ3n) is 5.62. The third kappa shape index (κ3) is 2.81. The number of nitriles is 1. The number of hydrogen-bond acceptors (Lipinski definition) is 6. The molecule has 9 heteroatoms. The van der Waals surface area contributed by atoms with E-state index in [1.807, 2.05) is 29.2 Å². The maximum absolute atomic E-state index is 12.8. The summed E-state index contributed by atoms with van der Waals surface area (Å²) < 4.78 is 24.7. The summed E-state index contributed by atoms with van der Waals surface area (Å²) in [4.78, 5) is 19.5. The molecule has 5 rings (SSSR count).